The van der Waals surface area contributed by atoms with Gasteiger partial charge in [0.1, 0.15) is 5.75 Å². The van der Waals surface area contributed by atoms with E-state index in [1.807, 2.05) is 12.4 Å². The second-order valence-corrected chi connectivity index (χ2v) is 5.27. The zero-order chi connectivity index (χ0) is 11.7. The Morgan fingerprint density at radius 2 is 1.81 bits per heavy atom. The van der Waals surface area contributed by atoms with Crippen molar-refractivity contribution in [3.8, 4) is 5.75 Å². The van der Waals surface area contributed by atoms with Gasteiger partial charge in [0.05, 0.1) is 12.3 Å². The predicted molar refractivity (Wildman–Crippen MR) is 66.1 cm³/mol. The van der Waals surface area contributed by atoms with Crippen molar-refractivity contribution in [3.05, 3.63) is 23.5 Å². The van der Waals surface area contributed by atoms with Gasteiger partial charge >= 0.3 is 0 Å². The van der Waals surface area contributed by atoms with Crippen molar-refractivity contribution in [2.45, 2.75) is 58.5 Å². The van der Waals surface area contributed by atoms with E-state index in [0.717, 1.165) is 5.75 Å². The van der Waals surface area contributed by atoms with Crippen LogP contribution < -0.4 is 4.74 Å². The van der Waals surface area contributed by atoms with Gasteiger partial charge in [-0.05, 0) is 30.2 Å². The van der Waals surface area contributed by atoms with Crippen LogP contribution in [0.1, 0.15) is 63.5 Å². The van der Waals surface area contributed by atoms with Crippen molar-refractivity contribution in [2.24, 2.45) is 0 Å². The summed E-state index contributed by atoms with van der Waals surface area (Å²) in [6, 6.07) is 0. The molecule has 2 heteroatoms. The fourth-order valence-corrected chi connectivity index (χ4v) is 2.00. The van der Waals surface area contributed by atoms with Crippen LogP contribution in [0.15, 0.2) is 12.4 Å². The van der Waals surface area contributed by atoms with E-state index in [4.69, 9.17) is 4.74 Å². The van der Waals surface area contributed by atoms with E-state index < -0.39 is 0 Å². The van der Waals surface area contributed by atoms with E-state index >= 15 is 0 Å². The van der Waals surface area contributed by atoms with Crippen LogP contribution in [0.4, 0.5) is 0 Å². The predicted octanol–water partition coefficient (Wildman–Crippen LogP) is 3.87. The Kier molecular flexibility index (Phi) is 3.17. The van der Waals surface area contributed by atoms with E-state index in [9.17, 15) is 0 Å². The van der Waals surface area contributed by atoms with Gasteiger partial charge in [-0.3, -0.25) is 4.98 Å². The lowest BCUT2D eigenvalue weighted by molar-refractivity contribution is 0.297. The summed E-state index contributed by atoms with van der Waals surface area (Å²) in [5.41, 5.74) is 2.67. The van der Waals surface area contributed by atoms with Gasteiger partial charge in [0, 0.05) is 11.8 Å². The van der Waals surface area contributed by atoms with Crippen LogP contribution in [0.25, 0.3) is 0 Å². The molecule has 2 nitrogen and oxygen atoms in total. The number of nitrogens with zero attached hydrogens (tertiary/aromatic N) is 1. The highest BCUT2D eigenvalue weighted by Gasteiger charge is 2.26. The molecule has 0 amide bonds. The lowest BCUT2D eigenvalue weighted by Crippen LogP contribution is -2.06. The van der Waals surface area contributed by atoms with Crippen molar-refractivity contribution >= 4 is 0 Å². The number of ether oxygens (including phenoxy) is 1. The van der Waals surface area contributed by atoms with Crippen LogP contribution in [0, 0.1) is 0 Å². The zero-order valence-corrected chi connectivity index (χ0v) is 10.7. The minimum Gasteiger partial charge on any atom is -0.489 e. The number of hydrogen-bond donors (Lipinski definition) is 0. The fourth-order valence-electron chi connectivity index (χ4n) is 2.00. The van der Waals surface area contributed by atoms with Gasteiger partial charge in [-0.15, -0.1) is 0 Å². The minimum absolute atomic E-state index is 0.446. The largest absolute Gasteiger partial charge is 0.489 e. The van der Waals surface area contributed by atoms with Gasteiger partial charge in [0.25, 0.3) is 0 Å². The maximum Gasteiger partial charge on any atom is 0.141 e. The number of rotatable bonds is 4. The topological polar surface area (TPSA) is 22.1 Å². The summed E-state index contributed by atoms with van der Waals surface area (Å²) in [5.74, 6) is 2.01. The molecule has 16 heavy (non-hydrogen) atoms. The lowest BCUT2D eigenvalue weighted by Gasteiger charge is -2.19. The monoisotopic (exact) mass is 219 g/mol. The van der Waals surface area contributed by atoms with Crippen LogP contribution >= 0.6 is 0 Å². The Bertz CT molecular complexity index is 367. The van der Waals surface area contributed by atoms with Gasteiger partial charge in [-0.25, -0.2) is 0 Å². The van der Waals surface area contributed by atoms with Crippen LogP contribution in [-0.2, 0) is 0 Å². The van der Waals surface area contributed by atoms with E-state index in [0.29, 0.717) is 17.9 Å². The number of aromatic nitrogens is 1. The molecule has 1 aromatic heterocycles. The Hall–Kier alpha value is -1.05. The molecule has 2 rings (SSSR count). The number of hydrogen-bond acceptors (Lipinski definition) is 2. The molecule has 0 spiro atoms. The van der Waals surface area contributed by atoms with Gasteiger partial charge in [-0.1, -0.05) is 27.7 Å². The first-order chi connectivity index (χ1) is 7.59. The first-order valence-electron chi connectivity index (χ1n) is 6.24. The van der Waals surface area contributed by atoms with E-state index in [2.05, 4.69) is 32.7 Å². The summed E-state index contributed by atoms with van der Waals surface area (Å²) < 4.78 is 5.95. The molecule has 1 saturated carbocycles. The molecule has 1 aromatic rings. The van der Waals surface area contributed by atoms with E-state index in [-0.39, 0.29) is 0 Å². The Morgan fingerprint density at radius 1 is 1.12 bits per heavy atom. The number of pyridine rings is 1. The summed E-state index contributed by atoms with van der Waals surface area (Å²) in [4.78, 5) is 4.30. The highest BCUT2D eigenvalue weighted by Crippen LogP contribution is 2.36. The van der Waals surface area contributed by atoms with E-state index in [1.54, 1.807) is 0 Å². The summed E-state index contributed by atoms with van der Waals surface area (Å²) in [7, 11) is 0. The quantitative estimate of drug-likeness (QED) is 0.767. The average molecular weight is 219 g/mol. The first-order valence-corrected chi connectivity index (χ1v) is 6.24. The summed E-state index contributed by atoms with van der Waals surface area (Å²) in [5, 5.41) is 0. The molecule has 0 aliphatic heterocycles. The Labute approximate surface area is 98.0 Å². The molecule has 1 aliphatic carbocycles. The standard InChI is InChI=1S/C14H21NO/c1-9(2)12-7-15-8-13(14(12)10(3)4)16-11-5-6-11/h7-11H,5-6H2,1-4H3. The molecular weight excluding hydrogens is 198 g/mol. The molecule has 0 bridgehead atoms. The van der Waals surface area contributed by atoms with Crippen molar-refractivity contribution in [3.63, 3.8) is 0 Å². The van der Waals surface area contributed by atoms with Crippen molar-refractivity contribution in [2.75, 3.05) is 0 Å². The second-order valence-electron chi connectivity index (χ2n) is 5.27. The highest BCUT2D eigenvalue weighted by molar-refractivity contribution is 5.41. The van der Waals surface area contributed by atoms with Crippen LogP contribution in [0.3, 0.4) is 0 Å². The molecule has 1 heterocycles. The molecule has 0 unspecified atom stereocenters. The van der Waals surface area contributed by atoms with Crippen molar-refractivity contribution in [1.29, 1.82) is 0 Å². The fraction of sp³-hybridized carbons (Fsp3) is 0.643. The molecular formula is C14H21NO. The molecule has 0 aromatic carbocycles. The maximum atomic E-state index is 5.95. The van der Waals surface area contributed by atoms with Crippen LogP contribution in [0.2, 0.25) is 0 Å². The van der Waals surface area contributed by atoms with Crippen LogP contribution in [0.5, 0.6) is 5.75 Å². The van der Waals surface area contributed by atoms with Gasteiger partial charge in [-0.2, -0.15) is 0 Å². The SMILES string of the molecule is CC(C)c1cncc(OC2CC2)c1C(C)C. The van der Waals surface area contributed by atoms with Crippen molar-refractivity contribution in [1.82, 2.24) is 4.98 Å². The Morgan fingerprint density at radius 3 is 2.31 bits per heavy atom. The molecule has 0 radical (unpaired) electrons. The van der Waals surface area contributed by atoms with Gasteiger partial charge in [0.15, 0.2) is 0 Å². The lowest BCUT2D eigenvalue weighted by atomic mass is 9.92. The maximum absolute atomic E-state index is 5.95. The summed E-state index contributed by atoms with van der Waals surface area (Å²) >= 11 is 0. The average Bonchev–Trinajstić information content (AvgIpc) is 3.00. The van der Waals surface area contributed by atoms with Crippen LogP contribution in [-0.4, -0.2) is 11.1 Å². The van der Waals surface area contributed by atoms with E-state index in [1.165, 1.54) is 24.0 Å². The third-order valence-corrected chi connectivity index (χ3v) is 3.00. The van der Waals surface area contributed by atoms with Crippen molar-refractivity contribution < 1.29 is 4.74 Å². The van der Waals surface area contributed by atoms with Gasteiger partial charge < -0.3 is 4.74 Å². The molecule has 1 fully saturated rings. The first kappa shape index (κ1) is 11.4. The highest BCUT2D eigenvalue weighted by atomic mass is 16.5. The minimum atomic E-state index is 0.446. The molecule has 0 atom stereocenters. The smallest absolute Gasteiger partial charge is 0.141 e. The Balaban J connectivity index is 2.37. The second kappa shape index (κ2) is 4.44. The molecule has 0 N–H and O–H groups in total. The molecule has 88 valence electrons. The summed E-state index contributed by atoms with van der Waals surface area (Å²) in [6.07, 6.45) is 6.70. The van der Waals surface area contributed by atoms with Gasteiger partial charge in [0.2, 0.25) is 0 Å². The third-order valence-electron chi connectivity index (χ3n) is 3.00. The molecule has 0 saturated heterocycles. The third kappa shape index (κ3) is 2.37. The molecule has 1 aliphatic rings. The normalized spacial score (nSPS) is 15.9. The summed E-state index contributed by atoms with van der Waals surface area (Å²) in [6.45, 7) is 8.87. The zero-order valence-electron chi connectivity index (χ0n) is 10.7.